The molecule has 0 spiro atoms. The second-order valence-electron chi connectivity index (χ2n) is 5.65. The number of ether oxygens (including phenoxy) is 1. The predicted molar refractivity (Wildman–Crippen MR) is 84.0 cm³/mol. The van der Waals surface area contributed by atoms with E-state index in [0.717, 1.165) is 28.9 Å². The molecule has 1 atom stereocenters. The molecule has 0 aliphatic rings. The molecule has 2 N–H and O–H groups in total. The van der Waals surface area contributed by atoms with Gasteiger partial charge in [-0.1, -0.05) is 23.8 Å². The number of hydrogen-bond donors (Lipinski definition) is 1. The van der Waals surface area contributed by atoms with E-state index >= 15 is 0 Å². The van der Waals surface area contributed by atoms with Gasteiger partial charge in [-0.3, -0.25) is 0 Å². The summed E-state index contributed by atoms with van der Waals surface area (Å²) in [5.74, 6) is 0.630. The van der Waals surface area contributed by atoms with E-state index in [9.17, 15) is 4.39 Å². The molecule has 0 aliphatic carbocycles. The number of halogens is 1. The fourth-order valence-corrected chi connectivity index (χ4v) is 2.33. The minimum Gasteiger partial charge on any atom is -0.489 e. The highest BCUT2D eigenvalue weighted by Crippen LogP contribution is 2.23. The summed E-state index contributed by atoms with van der Waals surface area (Å²) >= 11 is 0. The molecule has 0 aromatic heterocycles. The van der Waals surface area contributed by atoms with Gasteiger partial charge in [0.1, 0.15) is 18.2 Å². The summed E-state index contributed by atoms with van der Waals surface area (Å²) < 4.78 is 19.0. The maximum absolute atomic E-state index is 13.1. The van der Waals surface area contributed by atoms with Gasteiger partial charge in [0.05, 0.1) is 0 Å². The largest absolute Gasteiger partial charge is 0.489 e. The van der Waals surface area contributed by atoms with E-state index in [2.05, 4.69) is 13.0 Å². The van der Waals surface area contributed by atoms with Crippen LogP contribution in [0, 0.1) is 19.7 Å². The Morgan fingerprint density at radius 1 is 1.10 bits per heavy atom. The molecule has 3 heteroatoms. The average Bonchev–Trinajstić information content (AvgIpc) is 2.39. The van der Waals surface area contributed by atoms with Gasteiger partial charge in [-0.15, -0.1) is 0 Å². The Hall–Kier alpha value is -1.87. The van der Waals surface area contributed by atoms with Crippen LogP contribution in [0.5, 0.6) is 5.75 Å². The van der Waals surface area contributed by atoms with E-state index in [4.69, 9.17) is 10.5 Å². The summed E-state index contributed by atoms with van der Waals surface area (Å²) in [5, 5.41) is 0. The van der Waals surface area contributed by atoms with Crippen molar-refractivity contribution < 1.29 is 9.13 Å². The van der Waals surface area contributed by atoms with Crippen LogP contribution in [0.15, 0.2) is 36.4 Å². The van der Waals surface area contributed by atoms with Crippen molar-refractivity contribution in [3.8, 4) is 5.75 Å². The lowest BCUT2D eigenvalue weighted by atomic mass is 10.0. The Labute approximate surface area is 125 Å². The van der Waals surface area contributed by atoms with Crippen LogP contribution in [0.4, 0.5) is 4.39 Å². The summed E-state index contributed by atoms with van der Waals surface area (Å²) in [6, 6.07) is 11.0. The van der Waals surface area contributed by atoms with Crippen LogP contribution in [0.2, 0.25) is 0 Å². The van der Waals surface area contributed by atoms with Crippen molar-refractivity contribution in [1.82, 2.24) is 0 Å². The van der Waals surface area contributed by atoms with Gasteiger partial charge in [0.25, 0.3) is 0 Å². The molecule has 2 rings (SSSR count). The fraction of sp³-hybridized carbons (Fsp3) is 0.333. The summed E-state index contributed by atoms with van der Waals surface area (Å²) in [6.07, 6.45) is 0.777. The number of hydrogen-bond acceptors (Lipinski definition) is 2. The number of aryl methyl sites for hydroxylation is 2. The van der Waals surface area contributed by atoms with Crippen molar-refractivity contribution >= 4 is 0 Å². The fourth-order valence-electron chi connectivity index (χ4n) is 2.33. The molecule has 0 aliphatic heterocycles. The van der Waals surface area contributed by atoms with Crippen molar-refractivity contribution in [3.05, 3.63) is 64.5 Å². The lowest BCUT2D eigenvalue weighted by Crippen LogP contribution is -2.18. The molecule has 0 saturated heterocycles. The molecule has 21 heavy (non-hydrogen) atoms. The summed E-state index contributed by atoms with van der Waals surface area (Å²) in [7, 11) is 0. The van der Waals surface area contributed by atoms with Crippen LogP contribution in [0.1, 0.15) is 29.2 Å². The third-order valence-corrected chi connectivity index (χ3v) is 3.45. The minimum absolute atomic E-state index is 0.0849. The van der Waals surface area contributed by atoms with Gasteiger partial charge < -0.3 is 10.5 Å². The van der Waals surface area contributed by atoms with Crippen LogP contribution >= 0.6 is 0 Å². The first kappa shape index (κ1) is 15.5. The Bertz CT molecular complexity index is 623. The number of nitrogens with two attached hydrogens (primary N) is 1. The Morgan fingerprint density at radius 2 is 1.86 bits per heavy atom. The van der Waals surface area contributed by atoms with Crippen LogP contribution in [0.3, 0.4) is 0 Å². The van der Waals surface area contributed by atoms with E-state index in [-0.39, 0.29) is 11.9 Å². The molecule has 0 bridgehead atoms. The predicted octanol–water partition coefficient (Wildman–Crippen LogP) is 3.91. The van der Waals surface area contributed by atoms with Crippen molar-refractivity contribution in [3.63, 3.8) is 0 Å². The third-order valence-electron chi connectivity index (χ3n) is 3.45. The summed E-state index contributed by atoms with van der Waals surface area (Å²) in [5.41, 5.74) is 10.1. The van der Waals surface area contributed by atoms with Gasteiger partial charge in [0.2, 0.25) is 0 Å². The lowest BCUT2D eigenvalue weighted by molar-refractivity contribution is 0.301. The van der Waals surface area contributed by atoms with E-state index in [1.165, 1.54) is 17.7 Å². The van der Waals surface area contributed by atoms with Crippen LogP contribution in [-0.4, -0.2) is 6.04 Å². The topological polar surface area (TPSA) is 35.2 Å². The molecular weight excluding hydrogens is 265 g/mol. The molecule has 0 saturated carbocycles. The van der Waals surface area contributed by atoms with Gasteiger partial charge in [-0.25, -0.2) is 4.39 Å². The van der Waals surface area contributed by atoms with E-state index in [0.29, 0.717) is 6.61 Å². The molecule has 0 amide bonds. The second kappa shape index (κ2) is 6.72. The summed E-state index contributed by atoms with van der Waals surface area (Å²) in [6.45, 7) is 6.36. The van der Waals surface area contributed by atoms with E-state index in [1.807, 2.05) is 26.0 Å². The first-order valence-corrected chi connectivity index (χ1v) is 7.18. The molecular formula is C18H22FNO. The highest BCUT2D eigenvalue weighted by atomic mass is 19.1. The molecule has 0 radical (unpaired) electrons. The van der Waals surface area contributed by atoms with Gasteiger partial charge in [-0.05, 0) is 62.1 Å². The standard InChI is InChI=1S/C18H22FNO/c1-12-4-7-18(16(8-12)10-14(3)20)21-11-15-5-6-17(19)9-13(15)2/h4-9,14H,10-11,20H2,1-3H3. The maximum Gasteiger partial charge on any atom is 0.123 e. The van der Waals surface area contributed by atoms with Crippen molar-refractivity contribution in [1.29, 1.82) is 0 Å². The molecule has 0 fully saturated rings. The molecule has 2 aromatic carbocycles. The molecule has 2 aromatic rings. The van der Waals surface area contributed by atoms with E-state index in [1.54, 1.807) is 6.07 Å². The van der Waals surface area contributed by atoms with Gasteiger partial charge in [0, 0.05) is 6.04 Å². The number of rotatable bonds is 5. The highest BCUT2D eigenvalue weighted by molar-refractivity contribution is 5.38. The normalized spacial score (nSPS) is 12.2. The van der Waals surface area contributed by atoms with Crippen LogP contribution in [0.25, 0.3) is 0 Å². The van der Waals surface area contributed by atoms with E-state index < -0.39 is 0 Å². The molecule has 0 heterocycles. The van der Waals surface area contributed by atoms with Crippen molar-refractivity contribution in [2.45, 2.75) is 39.8 Å². The van der Waals surface area contributed by atoms with Crippen LogP contribution < -0.4 is 10.5 Å². The lowest BCUT2D eigenvalue weighted by Gasteiger charge is -2.15. The van der Waals surface area contributed by atoms with Gasteiger partial charge >= 0.3 is 0 Å². The highest BCUT2D eigenvalue weighted by Gasteiger charge is 2.08. The second-order valence-corrected chi connectivity index (χ2v) is 5.65. The van der Waals surface area contributed by atoms with Crippen molar-refractivity contribution in [2.75, 3.05) is 0 Å². The third kappa shape index (κ3) is 4.30. The monoisotopic (exact) mass is 287 g/mol. The van der Waals surface area contributed by atoms with Crippen molar-refractivity contribution in [2.24, 2.45) is 5.73 Å². The zero-order valence-electron chi connectivity index (χ0n) is 12.8. The Balaban J connectivity index is 2.15. The maximum atomic E-state index is 13.1. The first-order valence-electron chi connectivity index (χ1n) is 7.18. The van der Waals surface area contributed by atoms with Crippen LogP contribution in [-0.2, 0) is 13.0 Å². The number of benzene rings is 2. The quantitative estimate of drug-likeness (QED) is 0.905. The van der Waals surface area contributed by atoms with Gasteiger partial charge in [-0.2, -0.15) is 0 Å². The van der Waals surface area contributed by atoms with Gasteiger partial charge in [0.15, 0.2) is 0 Å². The zero-order chi connectivity index (χ0) is 15.4. The summed E-state index contributed by atoms with van der Waals surface area (Å²) in [4.78, 5) is 0. The first-order chi connectivity index (χ1) is 9.95. The Morgan fingerprint density at radius 3 is 2.52 bits per heavy atom. The molecule has 112 valence electrons. The SMILES string of the molecule is Cc1ccc(OCc2ccc(F)cc2C)c(CC(C)N)c1. The minimum atomic E-state index is -0.218. The smallest absolute Gasteiger partial charge is 0.123 e. The Kier molecular flexibility index (Phi) is 4.97. The average molecular weight is 287 g/mol. The molecule has 2 nitrogen and oxygen atoms in total. The zero-order valence-corrected chi connectivity index (χ0v) is 12.8. The molecule has 1 unspecified atom stereocenters.